The van der Waals surface area contributed by atoms with Gasteiger partial charge in [-0.3, -0.25) is 10.2 Å². The van der Waals surface area contributed by atoms with Gasteiger partial charge >= 0.3 is 6.18 Å². The lowest BCUT2D eigenvalue weighted by Crippen LogP contribution is -2.53. The Labute approximate surface area is 168 Å². The minimum absolute atomic E-state index is 0.200. The number of alkyl halides is 3. The van der Waals surface area contributed by atoms with Crippen LogP contribution in [0.25, 0.3) is 0 Å². The summed E-state index contributed by atoms with van der Waals surface area (Å²) < 4.78 is 45.1. The third kappa shape index (κ3) is 6.20. The number of halogens is 3. The number of likely N-dealkylation sites (tertiary alicyclic amines) is 1. The fraction of sp³-hybridized carbons (Fsp3) is 0.909. The summed E-state index contributed by atoms with van der Waals surface area (Å²) in [6.07, 6.45) is 6.37. The summed E-state index contributed by atoms with van der Waals surface area (Å²) in [7, 11) is 0. The molecule has 0 bridgehead atoms. The molecule has 1 saturated heterocycles. The molecule has 2 saturated carbocycles. The monoisotopic (exact) mass is 402 g/mol. The third-order valence-corrected chi connectivity index (χ3v) is 7.08. The zero-order valence-corrected chi connectivity index (χ0v) is 17.1. The zero-order chi connectivity index (χ0) is 20.0. The number of fused-ring (bicyclic) bond motifs is 1. The first kappa shape index (κ1) is 22.1. The molecule has 6 heteroatoms. The van der Waals surface area contributed by atoms with Gasteiger partial charge in [-0.05, 0) is 56.3 Å². The molecule has 162 valence electrons. The van der Waals surface area contributed by atoms with Crippen LogP contribution in [0.1, 0.15) is 57.8 Å². The molecule has 0 aromatic carbocycles. The van der Waals surface area contributed by atoms with Crippen molar-refractivity contribution in [3.05, 3.63) is 12.7 Å². The summed E-state index contributed by atoms with van der Waals surface area (Å²) in [5.74, 6) is 0.391. The molecule has 3 aliphatic rings. The Hall–Kier alpha value is -0.590. The number of ether oxygens (including phenoxy) is 1. The molecule has 3 fully saturated rings. The van der Waals surface area contributed by atoms with Crippen molar-refractivity contribution in [3.63, 3.8) is 0 Å². The first-order chi connectivity index (χ1) is 13.5. The van der Waals surface area contributed by atoms with E-state index < -0.39 is 12.1 Å². The molecular weight excluding hydrogens is 365 g/mol. The van der Waals surface area contributed by atoms with Crippen molar-refractivity contribution in [3.8, 4) is 0 Å². The maximum atomic E-state index is 13.2. The largest absolute Gasteiger partial charge is 0.391 e. The predicted molar refractivity (Wildman–Crippen MR) is 106 cm³/mol. The van der Waals surface area contributed by atoms with E-state index in [1.165, 1.54) is 32.1 Å². The maximum Gasteiger partial charge on any atom is 0.391 e. The number of piperidine rings is 1. The van der Waals surface area contributed by atoms with Crippen molar-refractivity contribution in [2.45, 2.75) is 70.0 Å². The SMILES string of the molecule is C=CCOCNCC1CC2CCCCC2N(CC2CCCC(C(F)(F)F)C2)C1. The molecule has 0 aromatic heterocycles. The van der Waals surface area contributed by atoms with Gasteiger partial charge in [0, 0.05) is 25.7 Å². The average Bonchev–Trinajstić information content (AvgIpc) is 2.67. The van der Waals surface area contributed by atoms with E-state index in [-0.39, 0.29) is 5.92 Å². The van der Waals surface area contributed by atoms with Gasteiger partial charge in [0.15, 0.2) is 0 Å². The van der Waals surface area contributed by atoms with E-state index >= 15 is 0 Å². The minimum Gasteiger partial charge on any atom is -0.362 e. The molecule has 0 aromatic rings. The fourth-order valence-corrected chi connectivity index (χ4v) is 5.83. The van der Waals surface area contributed by atoms with Gasteiger partial charge in [0.2, 0.25) is 0 Å². The van der Waals surface area contributed by atoms with Gasteiger partial charge in [-0.2, -0.15) is 13.2 Å². The van der Waals surface area contributed by atoms with Crippen LogP contribution in [-0.2, 0) is 4.74 Å². The molecule has 0 amide bonds. The van der Waals surface area contributed by atoms with Crippen LogP contribution in [0.3, 0.4) is 0 Å². The summed E-state index contributed by atoms with van der Waals surface area (Å²) >= 11 is 0. The molecule has 5 unspecified atom stereocenters. The van der Waals surface area contributed by atoms with Crippen LogP contribution in [0.2, 0.25) is 0 Å². The molecule has 28 heavy (non-hydrogen) atoms. The van der Waals surface area contributed by atoms with Crippen LogP contribution in [-0.4, -0.2) is 50.1 Å². The van der Waals surface area contributed by atoms with Gasteiger partial charge in [-0.1, -0.05) is 25.3 Å². The molecule has 3 rings (SSSR count). The molecule has 1 N–H and O–H groups in total. The molecule has 0 spiro atoms. The van der Waals surface area contributed by atoms with Gasteiger partial charge in [0.1, 0.15) is 0 Å². The van der Waals surface area contributed by atoms with E-state index in [4.69, 9.17) is 4.74 Å². The first-order valence-electron chi connectivity index (χ1n) is 11.2. The number of nitrogens with zero attached hydrogens (tertiary/aromatic N) is 1. The van der Waals surface area contributed by atoms with E-state index in [2.05, 4.69) is 16.8 Å². The van der Waals surface area contributed by atoms with Crippen LogP contribution < -0.4 is 5.32 Å². The van der Waals surface area contributed by atoms with Crippen LogP contribution >= 0.6 is 0 Å². The fourth-order valence-electron chi connectivity index (χ4n) is 5.83. The standard InChI is InChI=1S/C22H37F3N2O/c1-2-10-28-16-26-13-18-11-19-7-3-4-9-21(19)27(15-18)14-17-6-5-8-20(12-17)22(23,24)25/h2,17-21,26H,1,3-16H2. The summed E-state index contributed by atoms with van der Waals surface area (Å²) in [6.45, 7) is 7.53. The minimum atomic E-state index is -4.02. The Morgan fingerprint density at radius 1 is 1.04 bits per heavy atom. The summed E-state index contributed by atoms with van der Waals surface area (Å²) in [4.78, 5) is 2.58. The lowest BCUT2D eigenvalue weighted by atomic mass is 9.73. The highest BCUT2D eigenvalue weighted by Crippen LogP contribution is 2.42. The van der Waals surface area contributed by atoms with Gasteiger partial charge < -0.3 is 4.74 Å². The van der Waals surface area contributed by atoms with E-state index in [0.29, 0.717) is 44.1 Å². The molecule has 2 aliphatic carbocycles. The Morgan fingerprint density at radius 3 is 2.64 bits per heavy atom. The van der Waals surface area contributed by atoms with Crippen molar-refractivity contribution in [1.82, 2.24) is 10.2 Å². The molecule has 1 aliphatic heterocycles. The molecule has 5 atom stereocenters. The van der Waals surface area contributed by atoms with E-state index in [1.54, 1.807) is 6.08 Å². The topological polar surface area (TPSA) is 24.5 Å². The second kappa shape index (κ2) is 10.4. The van der Waals surface area contributed by atoms with Crippen molar-refractivity contribution < 1.29 is 17.9 Å². The second-order valence-electron chi connectivity index (χ2n) is 9.20. The van der Waals surface area contributed by atoms with E-state index in [0.717, 1.165) is 32.5 Å². The second-order valence-corrected chi connectivity index (χ2v) is 9.20. The predicted octanol–water partition coefficient (Wildman–Crippen LogP) is 4.99. The van der Waals surface area contributed by atoms with Gasteiger partial charge in [-0.15, -0.1) is 6.58 Å². The Morgan fingerprint density at radius 2 is 1.86 bits per heavy atom. The number of hydrogen-bond acceptors (Lipinski definition) is 3. The quantitative estimate of drug-likeness (QED) is 0.352. The van der Waals surface area contributed by atoms with Crippen LogP contribution in [0, 0.1) is 23.7 Å². The molecular formula is C22H37F3N2O. The molecule has 3 nitrogen and oxygen atoms in total. The molecule has 1 heterocycles. The number of rotatable bonds is 8. The van der Waals surface area contributed by atoms with Gasteiger partial charge in [0.25, 0.3) is 0 Å². The van der Waals surface area contributed by atoms with Gasteiger partial charge in [0.05, 0.1) is 19.3 Å². The summed E-state index contributed by atoms with van der Waals surface area (Å²) in [5.41, 5.74) is 0. The Kier molecular flexibility index (Phi) is 8.24. The van der Waals surface area contributed by atoms with Crippen LogP contribution in [0.5, 0.6) is 0 Å². The highest BCUT2D eigenvalue weighted by molar-refractivity contribution is 4.92. The first-order valence-corrected chi connectivity index (χ1v) is 11.2. The van der Waals surface area contributed by atoms with E-state index in [9.17, 15) is 13.2 Å². The normalized spacial score (nSPS) is 34.8. The Balaban J connectivity index is 1.55. The number of nitrogens with one attached hydrogen (secondary N) is 1. The van der Waals surface area contributed by atoms with Crippen LogP contribution in [0.4, 0.5) is 13.2 Å². The highest BCUT2D eigenvalue weighted by atomic mass is 19.4. The zero-order valence-electron chi connectivity index (χ0n) is 17.1. The summed E-state index contributed by atoms with van der Waals surface area (Å²) in [5, 5.41) is 3.39. The van der Waals surface area contributed by atoms with E-state index in [1.807, 2.05) is 0 Å². The van der Waals surface area contributed by atoms with Gasteiger partial charge in [-0.25, -0.2) is 0 Å². The lowest BCUT2D eigenvalue weighted by molar-refractivity contribution is -0.186. The smallest absolute Gasteiger partial charge is 0.362 e. The van der Waals surface area contributed by atoms with Crippen LogP contribution in [0.15, 0.2) is 12.7 Å². The maximum absolute atomic E-state index is 13.2. The van der Waals surface area contributed by atoms with Crippen molar-refractivity contribution in [2.75, 3.05) is 33.0 Å². The lowest BCUT2D eigenvalue weighted by Gasteiger charge is -2.49. The van der Waals surface area contributed by atoms with Crippen molar-refractivity contribution in [1.29, 1.82) is 0 Å². The highest BCUT2D eigenvalue weighted by Gasteiger charge is 2.44. The van der Waals surface area contributed by atoms with Crippen molar-refractivity contribution >= 4 is 0 Å². The third-order valence-electron chi connectivity index (χ3n) is 7.08. The number of hydrogen-bond donors (Lipinski definition) is 1. The van der Waals surface area contributed by atoms with Crippen molar-refractivity contribution in [2.24, 2.45) is 23.7 Å². The molecule has 0 radical (unpaired) electrons. The summed E-state index contributed by atoms with van der Waals surface area (Å²) in [6, 6.07) is 0.591. The Bertz CT molecular complexity index is 485. The average molecular weight is 403 g/mol.